The Morgan fingerprint density at radius 1 is 1.24 bits per heavy atom. The molecule has 2 aliphatic rings. The van der Waals surface area contributed by atoms with Crippen molar-refractivity contribution in [1.82, 2.24) is 0 Å². The van der Waals surface area contributed by atoms with Crippen molar-refractivity contribution in [3.63, 3.8) is 0 Å². The molecule has 3 heteroatoms. The van der Waals surface area contributed by atoms with Crippen molar-refractivity contribution in [2.75, 3.05) is 23.7 Å². The number of likely N-dealkylation sites (N-methyl/N-ethyl adjacent to an activating group) is 1. The third kappa shape index (κ3) is 3.34. The van der Waals surface area contributed by atoms with E-state index in [0.717, 1.165) is 18.8 Å². The molecule has 0 bridgehead atoms. The van der Waals surface area contributed by atoms with Crippen LogP contribution < -0.4 is 10.6 Å². The van der Waals surface area contributed by atoms with E-state index in [1.807, 2.05) is 12.1 Å². The minimum Gasteiger partial charge on any atom is -0.399 e. The standard InChI is InChI=1S/C18H28N2O/c1-2-20(16-8-6-7-15(19)13-16)14-17-9-12-18(21-17)10-4-3-5-11-18/h6-8,13,17H,2-5,9-12,14,19H2,1H3. The highest BCUT2D eigenvalue weighted by Crippen LogP contribution is 2.42. The molecule has 0 radical (unpaired) electrons. The Morgan fingerprint density at radius 2 is 2.05 bits per heavy atom. The molecule has 2 N–H and O–H groups in total. The number of benzene rings is 1. The van der Waals surface area contributed by atoms with Crippen molar-refractivity contribution < 1.29 is 4.74 Å². The van der Waals surface area contributed by atoms with Crippen molar-refractivity contribution in [3.8, 4) is 0 Å². The van der Waals surface area contributed by atoms with Gasteiger partial charge in [-0.2, -0.15) is 0 Å². The van der Waals surface area contributed by atoms with Gasteiger partial charge in [-0.05, 0) is 50.8 Å². The molecule has 3 rings (SSSR count). The van der Waals surface area contributed by atoms with Crippen molar-refractivity contribution in [2.24, 2.45) is 0 Å². The van der Waals surface area contributed by atoms with E-state index in [-0.39, 0.29) is 5.60 Å². The van der Waals surface area contributed by atoms with Crippen LogP contribution in [0, 0.1) is 0 Å². The molecule has 1 aromatic carbocycles. The monoisotopic (exact) mass is 288 g/mol. The van der Waals surface area contributed by atoms with Gasteiger partial charge in [0.2, 0.25) is 0 Å². The molecule has 1 atom stereocenters. The van der Waals surface area contributed by atoms with Gasteiger partial charge in [0.05, 0.1) is 11.7 Å². The van der Waals surface area contributed by atoms with Gasteiger partial charge in [0.15, 0.2) is 0 Å². The van der Waals surface area contributed by atoms with Crippen LogP contribution in [0.25, 0.3) is 0 Å². The van der Waals surface area contributed by atoms with E-state index in [0.29, 0.717) is 6.10 Å². The summed E-state index contributed by atoms with van der Waals surface area (Å²) in [5.74, 6) is 0. The minimum absolute atomic E-state index is 0.220. The summed E-state index contributed by atoms with van der Waals surface area (Å²) in [5, 5.41) is 0. The molecule has 1 aliphatic heterocycles. The van der Waals surface area contributed by atoms with E-state index in [9.17, 15) is 0 Å². The highest BCUT2D eigenvalue weighted by molar-refractivity contribution is 5.55. The molecule has 1 aromatic rings. The molecule has 1 spiro atoms. The number of nitrogens with two attached hydrogens (primary N) is 1. The first-order chi connectivity index (χ1) is 10.2. The molecule has 3 nitrogen and oxygen atoms in total. The van der Waals surface area contributed by atoms with Crippen molar-refractivity contribution in [2.45, 2.75) is 63.6 Å². The Labute approximate surface area is 128 Å². The largest absolute Gasteiger partial charge is 0.399 e. The quantitative estimate of drug-likeness (QED) is 0.852. The molecule has 0 aromatic heterocycles. The second kappa shape index (κ2) is 6.27. The van der Waals surface area contributed by atoms with Gasteiger partial charge >= 0.3 is 0 Å². The maximum atomic E-state index is 6.50. The molecule has 1 aliphatic carbocycles. The molecular weight excluding hydrogens is 260 g/mol. The Bertz CT molecular complexity index is 468. The number of ether oxygens (including phenoxy) is 1. The third-order valence-electron chi connectivity index (χ3n) is 5.14. The zero-order valence-corrected chi connectivity index (χ0v) is 13.2. The first kappa shape index (κ1) is 14.7. The van der Waals surface area contributed by atoms with Gasteiger partial charge in [0.25, 0.3) is 0 Å². The minimum atomic E-state index is 0.220. The van der Waals surface area contributed by atoms with E-state index in [1.54, 1.807) is 0 Å². The molecule has 116 valence electrons. The normalized spacial score (nSPS) is 24.3. The van der Waals surface area contributed by atoms with Crippen LogP contribution in [0.4, 0.5) is 11.4 Å². The molecule has 0 amide bonds. The van der Waals surface area contributed by atoms with Gasteiger partial charge in [-0.1, -0.05) is 25.3 Å². The average molecular weight is 288 g/mol. The highest BCUT2D eigenvalue weighted by atomic mass is 16.5. The van der Waals surface area contributed by atoms with Crippen LogP contribution in [0.3, 0.4) is 0 Å². The molecule has 1 heterocycles. The fraction of sp³-hybridized carbons (Fsp3) is 0.667. The Kier molecular flexibility index (Phi) is 4.39. The number of nitrogens with zero attached hydrogens (tertiary/aromatic N) is 1. The topological polar surface area (TPSA) is 38.5 Å². The number of hydrogen-bond donors (Lipinski definition) is 1. The van der Waals surface area contributed by atoms with Crippen LogP contribution in [-0.2, 0) is 4.74 Å². The number of rotatable bonds is 4. The summed E-state index contributed by atoms with van der Waals surface area (Å²) in [6.07, 6.45) is 9.47. The van der Waals surface area contributed by atoms with Gasteiger partial charge in [-0.25, -0.2) is 0 Å². The molecular formula is C18H28N2O. The zero-order valence-electron chi connectivity index (χ0n) is 13.2. The molecule has 1 saturated carbocycles. The first-order valence-electron chi connectivity index (χ1n) is 8.49. The summed E-state index contributed by atoms with van der Waals surface area (Å²) in [7, 11) is 0. The third-order valence-corrected chi connectivity index (χ3v) is 5.14. The summed E-state index contributed by atoms with van der Waals surface area (Å²) >= 11 is 0. The Morgan fingerprint density at radius 3 is 2.76 bits per heavy atom. The van der Waals surface area contributed by atoms with E-state index < -0.39 is 0 Å². The zero-order chi connectivity index (χ0) is 14.7. The van der Waals surface area contributed by atoms with Crippen molar-refractivity contribution in [3.05, 3.63) is 24.3 Å². The van der Waals surface area contributed by atoms with Crippen LogP contribution in [0.15, 0.2) is 24.3 Å². The van der Waals surface area contributed by atoms with Crippen LogP contribution in [0.2, 0.25) is 0 Å². The number of anilines is 2. The van der Waals surface area contributed by atoms with E-state index in [2.05, 4.69) is 24.0 Å². The number of nitrogen functional groups attached to an aromatic ring is 1. The maximum absolute atomic E-state index is 6.50. The van der Waals surface area contributed by atoms with E-state index in [4.69, 9.17) is 10.5 Å². The van der Waals surface area contributed by atoms with Gasteiger partial charge in [-0.3, -0.25) is 0 Å². The Hall–Kier alpha value is -1.22. The molecule has 2 fully saturated rings. The summed E-state index contributed by atoms with van der Waals surface area (Å²) in [6, 6.07) is 8.19. The van der Waals surface area contributed by atoms with Gasteiger partial charge in [0, 0.05) is 24.5 Å². The second-order valence-corrected chi connectivity index (χ2v) is 6.66. The van der Waals surface area contributed by atoms with Crippen LogP contribution >= 0.6 is 0 Å². The van der Waals surface area contributed by atoms with E-state index in [1.165, 1.54) is 50.6 Å². The summed E-state index contributed by atoms with van der Waals surface area (Å²) in [4.78, 5) is 2.39. The lowest BCUT2D eigenvalue weighted by molar-refractivity contribution is -0.0604. The summed E-state index contributed by atoms with van der Waals surface area (Å²) in [6.45, 7) is 4.19. The lowest BCUT2D eigenvalue weighted by Crippen LogP contribution is -2.36. The lowest BCUT2D eigenvalue weighted by atomic mass is 9.83. The van der Waals surface area contributed by atoms with Gasteiger partial charge in [0.1, 0.15) is 0 Å². The fourth-order valence-corrected chi connectivity index (χ4v) is 3.97. The SMILES string of the molecule is CCN(CC1CCC2(CCCCC2)O1)c1cccc(N)c1. The second-order valence-electron chi connectivity index (χ2n) is 6.66. The van der Waals surface area contributed by atoms with E-state index >= 15 is 0 Å². The van der Waals surface area contributed by atoms with Gasteiger partial charge < -0.3 is 15.4 Å². The predicted octanol–water partition coefficient (Wildman–Crippen LogP) is 3.98. The van der Waals surface area contributed by atoms with Crippen LogP contribution in [0.5, 0.6) is 0 Å². The highest BCUT2D eigenvalue weighted by Gasteiger charge is 2.41. The Balaban J connectivity index is 1.63. The molecule has 1 unspecified atom stereocenters. The molecule has 21 heavy (non-hydrogen) atoms. The van der Waals surface area contributed by atoms with Crippen LogP contribution in [-0.4, -0.2) is 24.8 Å². The summed E-state index contributed by atoms with van der Waals surface area (Å²) < 4.78 is 6.50. The van der Waals surface area contributed by atoms with Crippen molar-refractivity contribution in [1.29, 1.82) is 0 Å². The number of hydrogen-bond acceptors (Lipinski definition) is 3. The smallest absolute Gasteiger partial charge is 0.0758 e. The van der Waals surface area contributed by atoms with Gasteiger partial charge in [-0.15, -0.1) is 0 Å². The fourth-order valence-electron chi connectivity index (χ4n) is 3.97. The summed E-state index contributed by atoms with van der Waals surface area (Å²) in [5.41, 5.74) is 8.18. The maximum Gasteiger partial charge on any atom is 0.0758 e. The average Bonchev–Trinajstić information content (AvgIpc) is 2.88. The molecule has 1 saturated heterocycles. The van der Waals surface area contributed by atoms with Crippen LogP contribution in [0.1, 0.15) is 51.9 Å². The van der Waals surface area contributed by atoms with Crippen molar-refractivity contribution >= 4 is 11.4 Å². The predicted molar refractivity (Wildman–Crippen MR) is 88.7 cm³/mol. The lowest BCUT2D eigenvalue weighted by Gasteiger charge is -2.34. The first-order valence-corrected chi connectivity index (χ1v) is 8.49.